The Morgan fingerprint density at radius 3 is 2.86 bits per heavy atom. The number of hydrogen-bond donors (Lipinski definition) is 1. The van der Waals surface area contributed by atoms with E-state index in [0.717, 1.165) is 24.2 Å². The van der Waals surface area contributed by atoms with Crippen molar-refractivity contribution in [3.63, 3.8) is 0 Å². The molecular weight excluding hydrogens is 302 g/mol. The first-order valence-corrected chi connectivity index (χ1v) is 7.74. The highest BCUT2D eigenvalue weighted by Crippen LogP contribution is 2.23. The van der Waals surface area contributed by atoms with Crippen LogP contribution >= 0.6 is 11.6 Å². The molecule has 118 valence electrons. The van der Waals surface area contributed by atoms with Crippen molar-refractivity contribution in [2.75, 3.05) is 6.54 Å². The van der Waals surface area contributed by atoms with Crippen LogP contribution in [0.1, 0.15) is 41.6 Å². The quantitative estimate of drug-likeness (QED) is 0.771. The number of unbranched alkanes of at least 4 members (excludes halogenated alkanes) is 1. The molecule has 0 radical (unpaired) electrons. The number of halogens is 1. The fraction of sp³-hybridized carbons (Fsp3) is 0.353. The van der Waals surface area contributed by atoms with Crippen LogP contribution in [0.2, 0.25) is 5.02 Å². The first-order valence-electron chi connectivity index (χ1n) is 7.36. The molecule has 5 heteroatoms. The van der Waals surface area contributed by atoms with Crippen LogP contribution in [0.5, 0.6) is 5.75 Å². The third-order valence-corrected chi connectivity index (χ3v) is 3.44. The lowest BCUT2D eigenvalue weighted by Gasteiger charge is -2.07. The van der Waals surface area contributed by atoms with Gasteiger partial charge in [-0.25, -0.2) is 0 Å². The molecule has 0 saturated heterocycles. The van der Waals surface area contributed by atoms with Gasteiger partial charge in [0.25, 0.3) is 5.91 Å². The number of furan rings is 1. The summed E-state index contributed by atoms with van der Waals surface area (Å²) in [5.74, 6) is 1.47. The SMILES string of the molecule is CCCCNC(=O)c1ccc(COc2ccc(Cl)cc2C)o1. The molecule has 0 aliphatic heterocycles. The second kappa shape index (κ2) is 7.90. The molecule has 1 heterocycles. The molecule has 0 spiro atoms. The van der Waals surface area contributed by atoms with Gasteiger partial charge in [0.2, 0.25) is 0 Å². The fourth-order valence-electron chi connectivity index (χ4n) is 1.97. The molecule has 0 unspecified atom stereocenters. The molecule has 1 aromatic heterocycles. The number of carbonyl (C=O) groups is 1. The average Bonchev–Trinajstić information content (AvgIpc) is 2.95. The molecule has 1 amide bonds. The Hall–Kier alpha value is -1.94. The summed E-state index contributed by atoms with van der Waals surface area (Å²) in [6.45, 7) is 4.93. The van der Waals surface area contributed by atoms with Crippen LogP contribution < -0.4 is 10.1 Å². The zero-order valence-corrected chi connectivity index (χ0v) is 13.6. The van der Waals surface area contributed by atoms with Crippen LogP contribution in [0.4, 0.5) is 0 Å². The standard InChI is InChI=1S/C17H20ClNO3/c1-3-4-9-19-17(20)16-8-6-14(22-16)11-21-15-7-5-13(18)10-12(15)2/h5-8,10H,3-4,9,11H2,1-2H3,(H,19,20). The normalized spacial score (nSPS) is 10.5. The van der Waals surface area contributed by atoms with E-state index < -0.39 is 0 Å². The predicted octanol–water partition coefficient (Wildman–Crippen LogP) is 4.35. The summed E-state index contributed by atoms with van der Waals surface area (Å²) in [7, 11) is 0. The minimum atomic E-state index is -0.192. The topological polar surface area (TPSA) is 51.5 Å². The molecule has 0 saturated carbocycles. The summed E-state index contributed by atoms with van der Waals surface area (Å²) in [4.78, 5) is 11.8. The number of amides is 1. The van der Waals surface area contributed by atoms with Crippen molar-refractivity contribution in [1.82, 2.24) is 5.32 Å². The largest absolute Gasteiger partial charge is 0.485 e. The maximum absolute atomic E-state index is 11.8. The Bertz CT molecular complexity index is 637. The summed E-state index contributed by atoms with van der Waals surface area (Å²) in [5, 5.41) is 3.49. The first kappa shape index (κ1) is 16.4. The molecule has 0 aliphatic carbocycles. The summed E-state index contributed by atoms with van der Waals surface area (Å²) in [5.41, 5.74) is 0.955. The summed E-state index contributed by atoms with van der Waals surface area (Å²) < 4.78 is 11.2. The van der Waals surface area contributed by atoms with Gasteiger partial charge >= 0.3 is 0 Å². The van der Waals surface area contributed by atoms with Crippen molar-refractivity contribution >= 4 is 17.5 Å². The number of hydrogen-bond acceptors (Lipinski definition) is 3. The van der Waals surface area contributed by atoms with E-state index in [1.165, 1.54) is 0 Å². The van der Waals surface area contributed by atoms with Gasteiger partial charge in [-0.2, -0.15) is 0 Å². The van der Waals surface area contributed by atoms with Crippen molar-refractivity contribution < 1.29 is 13.9 Å². The lowest BCUT2D eigenvalue weighted by molar-refractivity contribution is 0.0921. The van der Waals surface area contributed by atoms with E-state index in [0.29, 0.717) is 23.1 Å². The summed E-state index contributed by atoms with van der Waals surface area (Å²) in [6, 6.07) is 8.85. The monoisotopic (exact) mass is 321 g/mol. The molecular formula is C17H20ClNO3. The molecule has 0 aliphatic rings. The Labute approximate surface area is 135 Å². The third-order valence-electron chi connectivity index (χ3n) is 3.21. The molecule has 2 aromatic rings. The zero-order chi connectivity index (χ0) is 15.9. The average molecular weight is 322 g/mol. The third kappa shape index (κ3) is 4.53. The van der Waals surface area contributed by atoms with Crippen LogP contribution in [0.15, 0.2) is 34.7 Å². The van der Waals surface area contributed by atoms with E-state index >= 15 is 0 Å². The summed E-state index contributed by atoms with van der Waals surface area (Å²) >= 11 is 5.91. The highest BCUT2D eigenvalue weighted by atomic mass is 35.5. The number of benzene rings is 1. The van der Waals surface area contributed by atoms with E-state index in [-0.39, 0.29) is 12.5 Å². The molecule has 4 nitrogen and oxygen atoms in total. The van der Waals surface area contributed by atoms with Gasteiger partial charge in [-0.3, -0.25) is 4.79 Å². The number of ether oxygens (including phenoxy) is 1. The van der Waals surface area contributed by atoms with E-state index in [2.05, 4.69) is 12.2 Å². The minimum Gasteiger partial charge on any atom is -0.485 e. The highest BCUT2D eigenvalue weighted by Gasteiger charge is 2.11. The number of nitrogens with one attached hydrogen (secondary N) is 1. The van der Waals surface area contributed by atoms with Gasteiger partial charge in [-0.15, -0.1) is 0 Å². The zero-order valence-electron chi connectivity index (χ0n) is 12.8. The Morgan fingerprint density at radius 1 is 1.32 bits per heavy atom. The van der Waals surface area contributed by atoms with Gasteiger partial charge < -0.3 is 14.5 Å². The van der Waals surface area contributed by atoms with E-state index in [1.54, 1.807) is 18.2 Å². The second-order valence-electron chi connectivity index (χ2n) is 5.07. The maximum Gasteiger partial charge on any atom is 0.286 e. The molecule has 0 fully saturated rings. The molecule has 0 atom stereocenters. The number of aryl methyl sites for hydroxylation is 1. The van der Waals surface area contributed by atoms with Crippen molar-refractivity contribution in [3.05, 3.63) is 52.4 Å². The highest BCUT2D eigenvalue weighted by molar-refractivity contribution is 6.30. The van der Waals surface area contributed by atoms with Gasteiger partial charge in [0.1, 0.15) is 18.1 Å². The van der Waals surface area contributed by atoms with Crippen molar-refractivity contribution in [3.8, 4) is 5.75 Å². The molecule has 22 heavy (non-hydrogen) atoms. The predicted molar refractivity (Wildman–Crippen MR) is 86.5 cm³/mol. The lowest BCUT2D eigenvalue weighted by Crippen LogP contribution is -2.23. The molecule has 1 aromatic carbocycles. The van der Waals surface area contributed by atoms with Gasteiger partial charge in [0.15, 0.2) is 5.76 Å². The number of rotatable bonds is 7. The lowest BCUT2D eigenvalue weighted by atomic mass is 10.2. The van der Waals surface area contributed by atoms with Crippen molar-refractivity contribution in [2.24, 2.45) is 0 Å². The Balaban J connectivity index is 1.90. The Morgan fingerprint density at radius 2 is 2.14 bits per heavy atom. The van der Waals surface area contributed by atoms with Crippen LogP contribution in [-0.4, -0.2) is 12.5 Å². The number of carbonyl (C=O) groups excluding carboxylic acids is 1. The van der Waals surface area contributed by atoms with Gasteiger partial charge in [0.05, 0.1) is 0 Å². The van der Waals surface area contributed by atoms with Crippen LogP contribution in [0.3, 0.4) is 0 Å². The van der Waals surface area contributed by atoms with Gasteiger partial charge in [-0.1, -0.05) is 24.9 Å². The maximum atomic E-state index is 11.8. The van der Waals surface area contributed by atoms with Crippen LogP contribution in [-0.2, 0) is 6.61 Å². The van der Waals surface area contributed by atoms with E-state index in [9.17, 15) is 4.79 Å². The van der Waals surface area contributed by atoms with Gasteiger partial charge in [-0.05, 0) is 49.2 Å². The van der Waals surface area contributed by atoms with Crippen LogP contribution in [0.25, 0.3) is 0 Å². The smallest absolute Gasteiger partial charge is 0.286 e. The van der Waals surface area contributed by atoms with Crippen molar-refractivity contribution in [1.29, 1.82) is 0 Å². The minimum absolute atomic E-state index is 0.192. The molecule has 1 N–H and O–H groups in total. The molecule has 2 rings (SSSR count). The first-order chi connectivity index (χ1) is 10.6. The van der Waals surface area contributed by atoms with Crippen LogP contribution in [0, 0.1) is 6.92 Å². The second-order valence-corrected chi connectivity index (χ2v) is 5.51. The fourth-order valence-corrected chi connectivity index (χ4v) is 2.19. The van der Waals surface area contributed by atoms with Gasteiger partial charge in [0, 0.05) is 11.6 Å². The van der Waals surface area contributed by atoms with E-state index in [1.807, 2.05) is 19.1 Å². The Kier molecular flexibility index (Phi) is 5.90. The summed E-state index contributed by atoms with van der Waals surface area (Å²) in [6.07, 6.45) is 2.00. The molecule has 0 bridgehead atoms. The van der Waals surface area contributed by atoms with Crippen molar-refractivity contribution in [2.45, 2.75) is 33.3 Å². The van der Waals surface area contributed by atoms with E-state index in [4.69, 9.17) is 20.8 Å².